The molecule has 3 aromatic rings. The maximum atomic E-state index is 4.61. The number of benzene rings is 1. The summed E-state index contributed by atoms with van der Waals surface area (Å²) in [5.41, 5.74) is 3.30. The molecule has 0 saturated carbocycles. The third kappa shape index (κ3) is 3.05. The van der Waals surface area contributed by atoms with Crippen LogP contribution in [-0.4, -0.2) is 20.5 Å². The van der Waals surface area contributed by atoms with E-state index in [-0.39, 0.29) is 5.54 Å². The maximum Gasteiger partial charge on any atom is 0.161 e. The van der Waals surface area contributed by atoms with Crippen molar-refractivity contribution in [3.05, 3.63) is 42.2 Å². The molecule has 0 radical (unpaired) electrons. The number of fused-ring (bicyclic) bond motifs is 1. The van der Waals surface area contributed by atoms with Crippen molar-refractivity contribution in [3.63, 3.8) is 0 Å². The Kier molecular flexibility index (Phi) is 3.16. The molecule has 0 aliphatic heterocycles. The largest absolute Gasteiger partial charge is 0.365 e. The lowest BCUT2D eigenvalue weighted by Crippen LogP contribution is -2.26. The summed E-state index contributed by atoms with van der Waals surface area (Å²) in [4.78, 5) is 12.3. The van der Waals surface area contributed by atoms with Crippen molar-refractivity contribution in [1.82, 2.24) is 15.0 Å². The summed E-state index contributed by atoms with van der Waals surface area (Å²) in [5, 5.41) is 4.56. The summed E-state index contributed by atoms with van der Waals surface area (Å²) in [6, 6.07) is 10.3. The van der Waals surface area contributed by atoms with Gasteiger partial charge in [0.1, 0.15) is 5.82 Å². The van der Waals surface area contributed by atoms with Gasteiger partial charge in [0.15, 0.2) is 5.82 Å². The van der Waals surface area contributed by atoms with Crippen LogP contribution in [0.3, 0.4) is 0 Å². The zero-order chi connectivity index (χ0) is 15.0. The van der Waals surface area contributed by atoms with Crippen LogP contribution in [0.25, 0.3) is 22.3 Å². The van der Waals surface area contributed by atoms with Crippen molar-refractivity contribution in [2.75, 3.05) is 5.32 Å². The molecule has 108 valence electrons. The SMILES string of the molecule is Cc1cc2cc(-c3nccc(NC(C)(C)C)n3)ccc2[nH]1. The Bertz CT molecular complexity index is 781. The van der Waals surface area contributed by atoms with Gasteiger partial charge in [0.25, 0.3) is 0 Å². The normalized spacial score (nSPS) is 11.8. The Balaban J connectivity index is 1.99. The Labute approximate surface area is 124 Å². The summed E-state index contributed by atoms with van der Waals surface area (Å²) in [6.07, 6.45) is 1.79. The summed E-state index contributed by atoms with van der Waals surface area (Å²) in [6.45, 7) is 8.40. The highest BCUT2D eigenvalue weighted by Gasteiger charge is 2.11. The molecule has 4 nitrogen and oxygen atoms in total. The van der Waals surface area contributed by atoms with E-state index < -0.39 is 0 Å². The van der Waals surface area contributed by atoms with Gasteiger partial charge in [0.2, 0.25) is 0 Å². The van der Waals surface area contributed by atoms with Crippen LogP contribution >= 0.6 is 0 Å². The van der Waals surface area contributed by atoms with Gasteiger partial charge >= 0.3 is 0 Å². The first-order valence-corrected chi connectivity index (χ1v) is 7.12. The highest BCUT2D eigenvalue weighted by molar-refractivity contribution is 5.84. The molecule has 0 fully saturated rings. The van der Waals surface area contributed by atoms with Crippen LogP contribution in [0.15, 0.2) is 36.5 Å². The van der Waals surface area contributed by atoms with Crippen LogP contribution < -0.4 is 5.32 Å². The third-order valence-electron chi connectivity index (χ3n) is 3.17. The highest BCUT2D eigenvalue weighted by atomic mass is 15.1. The minimum atomic E-state index is -0.0205. The molecule has 0 aliphatic carbocycles. The van der Waals surface area contributed by atoms with Crippen LogP contribution in [-0.2, 0) is 0 Å². The molecule has 2 heterocycles. The monoisotopic (exact) mass is 280 g/mol. The molecule has 0 atom stereocenters. The van der Waals surface area contributed by atoms with E-state index in [1.165, 1.54) is 5.39 Å². The first-order valence-electron chi connectivity index (χ1n) is 7.12. The Hall–Kier alpha value is -2.36. The number of nitrogens with zero attached hydrogens (tertiary/aromatic N) is 2. The molecular weight excluding hydrogens is 260 g/mol. The van der Waals surface area contributed by atoms with E-state index in [9.17, 15) is 0 Å². The van der Waals surface area contributed by atoms with Crippen LogP contribution in [0.2, 0.25) is 0 Å². The molecule has 0 unspecified atom stereocenters. The number of anilines is 1. The maximum absolute atomic E-state index is 4.61. The molecular formula is C17H20N4. The minimum Gasteiger partial charge on any atom is -0.365 e. The highest BCUT2D eigenvalue weighted by Crippen LogP contribution is 2.23. The molecule has 21 heavy (non-hydrogen) atoms. The van der Waals surface area contributed by atoms with Gasteiger partial charge in [-0.05, 0) is 58.0 Å². The van der Waals surface area contributed by atoms with Crippen LogP contribution in [0.5, 0.6) is 0 Å². The fraction of sp³-hybridized carbons (Fsp3) is 0.294. The Morgan fingerprint density at radius 3 is 2.67 bits per heavy atom. The van der Waals surface area contributed by atoms with Gasteiger partial charge in [0, 0.05) is 33.9 Å². The van der Waals surface area contributed by atoms with E-state index in [2.05, 4.69) is 72.2 Å². The number of rotatable bonds is 2. The number of hydrogen-bond donors (Lipinski definition) is 2. The second-order valence-corrected chi connectivity index (χ2v) is 6.39. The van der Waals surface area contributed by atoms with E-state index >= 15 is 0 Å². The van der Waals surface area contributed by atoms with Crippen molar-refractivity contribution in [2.24, 2.45) is 0 Å². The Morgan fingerprint density at radius 1 is 1.10 bits per heavy atom. The smallest absolute Gasteiger partial charge is 0.161 e. The number of aromatic amines is 1. The number of aromatic nitrogens is 3. The predicted molar refractivity (Wildman–Crippen MR) is 87.4 cm³/mol. The molecule has 0 spiro atoms. The van der Waals surface area contributed by atoms with Gasteiger partial charge in [-0.25, -0.2) is 9.97 Å². The molecule has 0 amide bonds. The van der Waals surface area contributed by atoms with Crippen LogP contribution in [0, 0.1) is 6.92 Å². The zero-order valence-electron chi connectivity index (χ0n) is 12.9. The summed E-state index contributed by atoms with van der Waals surface area (Å²) in [7, 11) is 0. The molecule has 0 saturated heterocycles. The lowest BCUT2D eigenvalue weighted by atomic mass is 10.1. The van der Waals surface area contributed by atoms with E-state index in [0.29, 0.717) is 0 Å². The van der Waals surface area contributed by atoms with Gasteiger partial charge in [-0.15, -0.1) is 0 Å². The standard InChI is InChI=1S/C17H20N4/c1-11-9-13-10-12(5-6-14(13)19-11)16-18-8-7-15(20-16)21-17(2,3)4/h5-10,19H,1-4H3,(H,18,20,21). The lowest BCUT2D eigenvalue weighted by molar-refractivity contribution is 0.630. The number of aryl methyl sites for hydroxylation is 1. The topological polar surface area (TPSA) is 53.6 Å². The van der Waals surface area contributed by atoms with Crippen molar-refractivity contribution < 1.29 is 0 Å². The van der Waals surface area contributed by atoms with Gasteiger partial charge in [-0.1, -0.05) is 0 Å². The minimum absolute atomic E-state index is 0.0205. The van der Waals surface area contributed by atoms with Gasteiger partial charge in [-0.3, -0.25) is 0 Å². The van der Waals surface area contributed by atoms with Gasteiger partial charge in [0.05, 0.1) is 0 Å². The van der Waals surface area contributed by atoms with E-state index in [4.69, 9.17) is 0 Å². The first kappa shape index (κ1) is 13.6. The molecule has 4 heteroatoms. The summed E-state index contributed by atoms with van der Waals surface area (Å²) in [5.74, 6) is 1.59. The molecule has 0 bridgehead atoms. The average Bonchev–Trinajstić information content (AvgIpc) is 2.76. The average molecular weight is 280 g/mol. The number of nitrogens with one attached hydrogen (secondary N) is 2. The van der Waals surface area contributed by atoms with Gasteiger partial charge in [-0.2, -0.15) is 0 Å². The number of H-pyrrole nitrogens is 1. The third-order valence-corrected chi connectivity index (χ3v) is 3.17. The zero-order valence-corrected chi connectivity index (χ0v) is 12.9. The van der Waals surface area contributed by atoms with E-state index in [0.717, 1.165) is 28.4 Å². The molecule has 2 N–H and O–H groups in total. The second-order valence-electron chi connectivity index (χ2n) is 6.39. The summed E-state index contributed by atoms with van der Waals surface area (Å²) >= 11 is 0. The molecule has 0 aliphatic rings. The van der Waals surface area contributed by atoms with Crippen molar-refractivity contribution in [1.29, 1.82) is 0 Å². The predicted octanol–water partition coefficient (Wildman–Crippen LogP) is 4.14. The van der Waals surface area contributed by atoms with Crippen molar-refractivity contribution >= 4 is 16.7 Å². The van der Waals surface area contributed by atoms with Crippen molar-refractivity contribution in [2.45, 2.75) is 33.2 Å². The first-order chi connectivity index (χ1) is 9.90. The van der Waals surface area contributed by atoms with Crippen LogP contribution in [0.4, 0.5) is 5.82 Å². The lowest BCUT2D eigenvalue weighted by Gasteiger charge is -2.21. The quantitative estimate of drug-likeness (QED) is 0.741. The van der Waals surface area contributed by atoms with Gasteiger partial charge < -0.3 is 10.3 Å². The molecule has 2 aromatic heterocycles. The second kappa shape index (κ2) is 4.88. The molecule has 1 aromatic carbocycles. The fourth-order valence-electron chi connectivity index (χ4n) is 2.37. The summed E-state index contributed by atoms with van der Waals surface area (Å²) < 4.78 is 0. The molecule has 3 rings (SSSR count). The van der Waals surface area contributed by atoms with E-state index in [1.807, 2.05) is 6.07 Å². The Morgan fingerprint density at radius 2 is 1.90 bits per heavy atom. The van der Waals surface area contributed by atoms with Crippen molar-refractivity contribution in [3.8, 4) is 11.4 Å². The van der Waals surface area contributed by atoms with E-state index in [1.54, 1.807) is 6.20 Å². The number of hydrogen-bond acceptors (Lipinski definition) is 3. The fourth-order valence-corrected chi connectivity index (χ4v) is 2.37. The van der Waals surface area contributed by atoms with Crippen LogP contribution in [0.1, 0.15) is 26.5 Å².